The monoisotopic (exact) mass is 432 g/mol. The molecule has 3 rings (SSSR count). The van der Waals surface area contributed by atoms with Crippen molar-refractivity contribution < 1.29 is 19.1 Å². The van der Waals surface area contributed by atoms with E-state index in [0.717, 1.165) is 17.3 Å². The van der Waals surface area contributed by atoms with E-state index >= 15 is 0 Å². The van der Waals surface area contributed by atoms with Crippen LogP contribution in [0.4, 0.5) is 0 Å². The zero-order valence-corrected chi connectivity index (χ0v) is 17.5. The molecule has 0 spiro atoms. The molecule has 0 unspecified atom stereocenters. The fraction of sp³-hybridized carbons (Fsp3) is 0.400. The van der Waals surface area contributed by atoms with E-state index < -0.39 is 0 Å². The van der Waals surface area contributed by atoms with Gasteiger partial charge in [-0.3, -0.25) is 14.4 Å². The topological polar surface area (TPSA) is 114 Å². The Morgan fingerprint density at radius 2 is 2.10 bits per heavy atom. The number of methoxy groups -OCH3 is 1. The number of thioether (sulfide) groups is 1. The molecule has 9 nitrogen and oxygen atoms in total. The second-order valence-electron chi connectivity index (χ2n) is 6.63. The van der Waals surface area contributed by atoms with E-state index in [1.54, 1.807) is 12.0 Å². The van der Waals surface area contributed by atoms with E-state index in [0.29, 0.717) is 49.4 Å². The van der Waals surface area contributed by atoms with Crippen LogP contribution in [0.1, 0.15) is 11.3 Å². The number of benzene rings is 1. The molecule has 0 atom stereocenters. The molecule has 2 N–H and O–H groups in total. The highest BCUT2D eigenvalue weighted by atomic mass is 32.2. The summed E-state index contributed by atoms with van der Waals surface area (Å²) in [5.74, 6) is 0.587. The molecule has 2 amide bonds. The minimum Gasteiger partial charge on any atom is -0.497 e. The Balaban J connectivity index is 1.53. The number of ether oxygens (including phenoxy) is 2. The van der Waals surface area contributed by atoms with Gasteiger partial charge in [-0.05, 0) is 17.7 Å². The molecule has 10 heteroatoms. The highest BCUT2D eigenvalue weighted by Gasteiger charge is 2.17. The molecule has 1 aromatic heterocycles. The fourth-order valence-electron chi connectivity index (χ4n) is 2.89. The van der Waals surface area contributed by atoms with E-state index in [1.807, 2.05) is 24.3 Å². The normalized spacial score (nSPS) is 13.7. The first-order valence-corrected chi connectivity index (χ1v) is 10.5. The second-order valence-corrected chi connectivity index (χ2v) is 7.59. The number of rotatable bonds is 8. The minimum absolute atomic E-state index is 0.0289. The molecule has 2 heterocycles. The van der Waals surface area contributed by atoms with Crippen LogP contribution in [0.3, 0.4) is 0 Å². The van der Waals surface area contributed by atoms with Crippen molar-refractivity contribution >= 4 is 23.6 Å². The zero-order chi connectivity index (χ0) is 21.3. The van der Waals surface area contributed by atoms with Crippen molar-refractivity contribution in [2.45, 2.75) is 18.1 Å². The van der Waals surface area contributed by atoms with Gasteiger partial charge in [0.2, 0.25) is 11.8 Å². The predicted octanol–water partition coefficient (Wildman–Crippen LogP) is 0.588. The van der Waals surface area contributed by atoms with Gasteiger partial charge < -0.3 is 24.7 Å². The van der Waals surface area contributed by atoms with Crippen molar-refractivity contribution in [3.05, 3.63) is 51.9 Å². The van der Waals surface area contributed by atoms with Gasteiger partial charge in [0.15, 0.2) is 5.16 Å². The maximum atomic E-state index is 12.3. The van der Waals surface area contributed by atoms with E-state index in [1.165, 1.54) is 6.07 Å². The van der Waals surface area contributed by atoms with E-state index in [2.05, 4.69) is 15.3 Å². The summed E-state index contributed by atoms with van der Waals surface area (Å²) in [6.07, 6.45) is -0.0289. The Hall–Kier alpha value is -2.85. The molecule has 1 aromatic carbocycles. The van der Waals surface area contributed by atoms with Crippen LogP contribution in [-0.4, -0.2) is 65.8 Å². The molecule has 30 heavy (non-hydrogen) atoms. The number of amides is 2. The Kier molecular flexibility index (Phi) is 7.86. The largest absolute Gasteiger partial charge is 0.497 e. The van der Waals surface area contributed by atoms with Gasteiger partial charge in [-0.15, -0.1) is 0 Å². The lowest BCUT2D eigenvalue weighted by atomic mass is 10.2. The number of aromatic nitrogens is 2. The summed E-state index contributed by atoms with van der Waals surface area (Å²) in [7, 11) is 1.58. The Bertz CT molecular complexity index is 943. The number of morpholine rings is 1. The van der Waals surface area contributed by atoms with Crippen LogP contribution in [0.15, 0.2) is 40.3 Å². The van der Waals surface area contributed by atoms with Gasteiger partial charge in [0.05, 0.1) is 38.2 Å². The predicted molar refractivity (Wildman–Crippen MR) is 112 cm³/mol. The highest BCUT2D eigenvalue weighted by Crippen LogP contribution is 2.14. The minimum atomic E-state index is -0.359. The maximum Gasteiger partial charge on any atom is 0.251 e. The highest BCUT2D eigenvalue weighted by molar-refractivity contribution is 7.99. The first-order chi connectivity index (χ1) is 14.5. The number of hydrogen-bond donors (Lipinski definition) is 2. The van der Waals surface area contributed by atoms with Crippen LogP contribution in [0, 0.1) is 0 Å². The molecule has 1 saturated heterocycles. The SMILES string of the molecule is COc1cccc(CNC(=O)Cc2cc(=O)[nH]c(SCC(=O)N3CCOCC3)n2)c1. The van der Waals surface area contributed by atoms with Gasteiger partial charge in [0, 0.05) is 25.7 Å². The molecular formula is C20H24N4O5S. The number of hydrogen-bond acceptors (Lipinski definition) is 7. The molecule has 0 saturated carbocycles. The van der Waals surface area contributed by atoms with E-state index in [-0.39, 0.29) is 29.5 Å². The van der Waals surface area contributed by atoms with Gasteiger partial charge in [0.25, 0.3) is 5.56 Å². The average Bonchev–Trinajstić information content (AvgIpc) is 2.76. The van der Waals surface area contributed by atoms with Crippen molar-refractivity contribution in [1.82, 2.24) is 20.2 Å². The third-order valence-corrected chi connectivity index (χ3v) is 5.29. The van der Waals surface area contributed by atoms with Crippen LogP contribution in [-0.2, 0) is 27.3 Å². The number of carbonyl (C=O) groups excluding carboxylic acids is 2. The molecule has 160 valence electrons. The number of nitrogens with zero attached hydrogens (tertiary/aromatic N) is 2. The summed E-state index contributed by atoms with van der Waals surface area (Å²) >= 11 is 1.15. The quantitative estimate of drug-likeness (QED) is 0.464. The second kappa shape index (κ2) is 10.8. The molecule has 0 bridgehead atoms. The van der Waals surface area contributed by atoms with Crippen molar-refractivity contribution in [2.75, 3.05) is 39.2 Å². The van der Waals surface area contributed by atoms with Crippen molar-refractivity contribution in [2.24, 2.45) is 0 Å². The van der Waals surface area contributed by atoms with Gasteiger partial charge in [-0.2, -0.15) is 0 Å². The van der Waals surface area contributed by atoms with Crippen molar-refractivity contribution in [1.29, 1.82) is 0 Å². The lowest BCUT2D eigenvalue weighted by Crippen LogP contribution is -2.41. The average molecular weight is 433 g/mol. The molecule has 0 aliphatic carbocycles. The molecular weight excluding hydrogens is 408 g/mol. The maximum absolute atomic E-state index is 12.3. The number of H-pyrrole nitrogens is 1. The Morgan fingerprint density at radius 3 is 2.87 bits per heavy atom. The smallest absolute Gasteiger partial charge is 0.251 e. The summed E-state index contributed by atoms with van der Waals surface area (Å²) in [5, 5.41) is 3.12. The first-order valence-electron chi connectivity index (χ1n) is 9.51. The lowest BCUT2D eigenvalue weighted by Gasteiger charge is -2.26. The summed E-state index contributed by atoms with van der Waals surface area (Å²) in [6.45, 7) is 2.54. The number of nitrogens with one attached hydrogen (secondary N) is 2. The number of aromatic amines is 1. The molecule has 0 radical (unpaired) electrons. The zero-order valence-electron chi connectivity index (χ0n) is 16.7. The van der Waals surface area contributed by atoms with Crippen molar-refractivity contribution in [3.8, 4) is 5.75 Å². The Labute approximate surface area is 178 Å². The van der Waals surface area contributed by atoms with Crippen molar-refractivity contribution in [3.63, 3.8) is 0 Å². The summed E-state index contributed by atoms with van der Waals surface area (Å²) in [6, 6.07) is 8.69. The van der Waals surface area contributed by atoms with Gasteiger partial charge >= 0.3 is 0 Å². The lowest BCUT2D eigenvalue weighted by molar-refractivity contribution is -0.132. The standard InChI is InChI=1S/C20H24N4O5S/c1-28-16-4-2-3-14(9-16)12-21-17(25)10-15-11-18(26)23-20(22-15)30-13-19(27)24-5-7-29-8-6-24/h2-4,9,11H,5-8,10,12-13H2,1H3,(H,21,25)(H,22,23,26). The molecule has 2 aromatic rings. The third kappa shape index (κ3) is 6.60. The van der Waals surface area contributed by atoms with Crippen LogP contribution in [0.2, 0.25) is 0 Å². The molecule has 1 fully saturated rings. The third-order valence-electron chi connectivity index (χ3n) is 4.43. The van der Waals surface area contributed by atoms with E-state index in [4.69, 9.17) is 9.47 Å². The molecule has 1 aliphatic heterocycles. The summed E-state index contributed by atoms with van der Waals surface area (Å²) < 4.78 is 10.4. The van der Waals surface area contributed by atoms with Crippen LogP contribution in [0.25, 0.3) is 0 Å². The van der Waals surface area contributed by atoms with Crippen LogP contribution in [0.5, 0.6) is 5.75 Å². The van der Waals surface area contributed by atoms with Gasteiger partial charge in [0.1, 0.15) is 5.75 Å². The number of carbonyl (C=O) groups is 2. The van der Waals surface area contributed by atoms with Crippen LogP contribution >= 0.6 is 11.8 Å². The van der Waals surface area contributed by atoms with Gasteiger partial charge in [-0.25, -0.2) is 4.98 Å². The molecule has 1 aliphatic rings. The Morgan fingerprint density at radius 1 is 1.30 bits per heavy atom. The summed E-state index contributed by atoms with van der Waals surface area (Å²) in [5.41, 5.74) is 0.893. The summed E-state index contributed by atoms with van der Waals surface area (Å²) in [4.78, 5) is 45.1. The van der Waals surface area contributed by atoms with Gasteiger partial charge in [-0.1, -0.05) is 23.9 Å². The fourth-order valence-corrected chi connectivity index (χ4v) is 3.68. The van der Waals surface area contributed by atoms with Crippen LogP contribution < -0.4 is 15.6 Å². The van der Waals surface area contributed by atoms with E-state index in [9.17, 15) is 14.4 Å². The first kappa shape index (κ1) is 21.8.